The Hall–Kier alpha value is -2.37. The Kier molecular flexibility index (Phi) is 2.81. The van der Waals surface area contributed by atoms with Gasteiger partial charge in [-0.1, -0.05) is 0 Å². The molecule has 0 aliphatic heterocycles. The number of pyridine rings is 1. The lowest BCUT2D eigenvalue weighted by atomic mass is 10.3. The first kappa shape index (κ1) is 10.2. The largest absolute Gasteiger partial charge is 0.397 e. The number of carbonyl (C=O) groups is 1. The van der Waals surface area contributed by atoms with Gasteiger partial charge < -0.3 is 11.1 Å². The van der Waals surface area contributed by atoms with E-state index in [1.54, 1.807) is 24.5 Å². The van der Waals surface area contributed by atoms with E-state index in [0.29, 0.717) is 17.9 Å². The number of nitrogen functional groups attached to an aromatic ring is 1. The second kappa shape index (κ2) is 4.43. The predicted molar refractivity (Wildman–Crippen MR) is 58.4 cm³/mol. The second-order valence-electron chi connectivity index (χ2n) is 3.27. The molecule has 0 bridgehead atoms. The Bertz CT molecular complexity index is 462. The van der Waals surface area contributed by atoms with Crippen LogP contribution in [0, 0.1) is 0 Å². The van der Waals surface area contributed by atoms with Crippen LogP contribution in [-0.4, -0.2) is 21.1 Å². The van der Waals surface area contributed by atoms with Crippen molar-refractivity contribution in [1.82, 2.24) is 20.5 Å². The van der Waals surface area contributed by atoms with E-state index in [1.807, 2.05) is 0 Å². The van der Waals surface area contributed by atoms with E-state index in [1.165, 1.54) is 6.20 Å². The summed E-state index contributed by atoms with van der Waals surface area (Å²) in [5.74, 6) is -0.235. The highest BCUT2D eigenvalue weighted by Gasteiger charge is 2.06. The smallest absolute Gasteiger partial charge is 0.270 e. The number of anilines is 1. The van der Waals surface area contributed by atoms with Crippen molar-refractivity contribution in [3.8, 4) is 0 Å². The summed E-state index contributed by atoms with van der Waals surface area (Å²) in [7, 11) is 0. The minimum Gasteiger partial charge on any atom is -0.397 e. The average Bonchev–Trinajstić information content (AvgIpc) is 2.80. The Labute approximate surface area is 91.9 Å². The van der Waals surface area contributed by atoms with Crippen LogP contribution in [0.1, 0.15) is 16.1 Å². The van der Waals surface area contributed by atoms with Gasteiger partial charge in [0.05, 0.1) is 18.1 Å². The van der Waals surface area contributed by atoms with Gasteiger partial charge in [-0.2, -0.15) is 5.10 Å². The number of aromatic amines is 1. The Morgan fingerprint density at radius 1 is 1.44 bits per heavy atom. The summed E-state index contributed by atoms with van der Waals surface area (Å²) < 4.78 is 0. The molecule has 0 aromatic carbocycles. The SMILES string of the molecule is Nc1ccc(C(=O)NCc2cn[nH]c2)nc1. The summed E-state index contributed by atoms with van der Waals surface area (Å²) in [6.45, 7) is 0.418. The van der Waals surface area contributed by atoms with Crippen LogP contribution in [0.2, 0.25) is 0 Å². The summed E-state index contributed by atoms with van der Waals surface area (Å²) in [6, 6.07) is 3.22. The van der Waals surface area contributed by atoms with Crippen molar-refractivity contribution < 1.29 is 4.79 Å². The Balaban J connectivity index is 1.95. The first-order chi connectivity index (χ1) is 7.75. The highest BCUT2D eigenvalue weighted by molar-refractivity contribution is 5.92. The van der Waals surface area contributed by atoms with Crippen LogP contribution in [0.5, 0.6) is 0 Å². The van der Waals surface area contributed by atoms with Gasteiger partial charge in [-0.3, -0.25) is 9.89 Å². The number of nitrogens with one attached hydrogen (secondary N) is 2. The minimum atomic E-state index is -0.235. The molecule has 2 aromatic rings. The minimum absolute atomic E-state index is 0.235. The predicted octanol–water partition coefficient (Wildman–Crippen LogP) is 0.317. The zero-order valence-corrected chi connectivity index (χ0v) is 8.47. The maximum absolute atomic E-state index is 11.6. The van der Waals surface area contributed by atoms with Gasteiger partial charge in [0, 0.05) is 18.3 Å². The molecule has 0 unspecified atom stereocenters. The molecule has 2 aromatic heterocycles. The monoisotopic (exact) mass is 217 g/mol. The maximum Gasteiger partial charge on any atom is 0.270 e. The normalized spacial score (nSPS) is 10.0. The summed E-state index contributed by atoms with van der Waals surface area (Å²) in [5.41, 5.74) is 7.26. The molecular weight excluding hydrogens is 206 g/mol. The summed E-state index contributed by atoms with van der Waals surface area (Å²) in [6.07, 6.45) is 4.82. The third kappa shape index (κ3) is 2.35. The highest BCUT2D eigenvalue weighted by atomic mass is 16.1. The summed E-state index contributed by atoms with van der Waals surface area (Å²) >= 11 is 0. The summed E-state index contributed by atoms with van der Waals surface area (Å²) in [4.78, 5) is 15.5. The molecule has 0 saturated carbocycles. The zero-order chi connectivity index (χ0) is 11.4. The van der Waals surface area contributed by atoms with Crippen molar-refractivity contribution in [3.63, 3.8) is 0 Å². The van der Waals surface area contributed by atoms with Gasteiger partial charge in [0.25, 0.3) is 5.91 Å². The van der Waals surface area contributed by atoms with Crippen molar-refractivity contribution in [2.75, 3.05) is 5.73 Å². The molecule has 0 saturated heterocycles. The van der Waals surface area contributed by atoms with Crippen LogP contribution >= 0.6 is 0 Å². The molecule has 0 aliphatic carbocycles. The van der Waals surface area contributed by atoms with Crippen molar-refractivity contribution >= 4 is 11.6 Å². The van der Waals surface area contributed by atoms with Gasteiger partial charge in [0.15, 0.2) is 0 Å². The van der Waals surface area contributed by atoms with E-state index in [9.17, 15) is 4.79 Å². The van der Waals surface area contributed by atoms with Crippen LogP contribution < -0.4 is 11.1 Å². The van der Waals surface area contributed by atoms with Crippen molar-refractivity contribution in [3.05, 3.63) is 42.0 Å². The highest BCUT2D eigenvalue weighted by Crippen LogP contribution is 2.01. The van der Waals surface area contributed by atoms with Gasteiger partial charge in [-0.25, -0.2) is 4.98 Å². The van der Waals surface area contributed by atoms with Gasteiger partial charge >= 0.3 is 0 Å². The topological polar surface area (TPSA) is 96.7 Å². The number of hydrogen-bond donors (Lipinski definition) is 3. The van der Waals surface area contributed by atoms with Gasteiger partial charge in [-0.05, 0) is 12.1 Å². The molecule has 4 N–H and O–H groups in total. The Morgan fingerprint density at radius 3 is 2.94 bits per heavy atom. The van der Waals surface area contributed by atoms with Crippen LogP contribution in [0.4, 0.5) is 5.69 Å². The van der Waals surface area contributed by atoms with Crippen molar-refractivity contribution in [2.24, 2.45) is 0 Å². The fourth-order valence-corrected chi connectivity index (χ4v) is 1.19. The molecule has 2 heterocycles. The number of carbonyl (C=O) groups excluding carboxylic acids is 1. The molecule has 1 amide bonds. The molecule has 0 fully saturated rings. The van der Waals surface area contributed by atoms with E-state index < -0.39 is 0 Å². The molecule has 16 heavy (non-hydrogen) atoms. The van der Waals surface area contributed by atoms with Crippen LogP contribution in [-0.2, 0) is 6.54 Å². The first-order valence-electron chi connectivity index (χ1n) is 4.73. The molecule has 6 nitrogen and oxygen atoms in total. The molecular formula is C10H11N5O. The molecule has 0 atom stereocenters. The molecule has 82 valence electrons. The number of nitrogens with two attached hydrogens (primary N) is 1. The average molecular weight is 217 g/mol. The third-order valence-corrected chi connectivity index (χ3v) is 2.03. The lowest BCUT2D eigenvalue weighted by molar-refractivity contribution is 0.0946. The van der Waals surface area contributed by atoms with E-state index >= 15 is 0 Å². The van der Waals surface area contributed by atoms with E-state index in [0.717, 1.165) is 5.56 Å². The maximum atomic E-state index is 11.6. The fraction of sp³-hybridized carbons (Fsp3) is 0.100. The van der Waals surface area contributed by atoms with E-state index in [-0.39, 0.29) is 5.91 Å². The van der Waals surface area contributed by atoms with E-state index in [4.69, 9.17) is 5.73 Å². The number of rotatable bonds is 3. The molecule has 6 heteroatoms. The zero-order valence-electron chi connectivity index (χ0n) is 8.47. The van der Waals surface area contributed by atoms with Crippen LogP contribution in [0.25, 0.3) is 0 Å². The first-order valence-corrected chi connectivity index (χ1v) is 4.73. The quantitative estimate of drug-likeness (QED) is 0.689. The standard InChI is InChI=1S/C10H11N5O/c11-8-1-2-9(12-6-8)10(16)13-3-7-4-14-15-5-7/h1-2,4-6H,3,11H2,(H,13,16)(H,14,15). The second-order valence-corrected chi connectivity index (χ2v) is 3.27. The number of amides is 1. The van der Waals surface area contributed by atoms with E-state index in [2.05, 4.69) is 20.5 Å². The lowest BCUT2D eigenvalue weighted by Crippen LogP contribution is -2.23. The summed E-state index contributed by atoms with van der Waals surface area (Å²) in [5, 5.41) is 9.16. The van der Waals surface area contributed by atoms with Gasteiger partial charge in [-0.15, -0.1) is 0 Å². The van der Waals surface area contributed by atoms with Crippen molar-refractivity contribution in [1.29, 1.82) is 0 Å². The van der Waals surface area contributed by atoms with Gasteiger partial charge in [0.2, 0.25) is 0 Å². The number of H-pyrrole nitrogens is 1. The molecule has 2 rings (SSSR count). The third-order valence-electron chi connectivity index (χ3n) is 2.03. The molecule has 0 spiro atoms. The van der Waals surface area contributed by atoms with Crippen LogP contribution in [0.15, 0.2) is 30.7 Å². The number of nitrogens with zero attached hydrogens (tertiary/aromatic N) is 2. The fourth-order valence-electron chi connectivity index (χ4n) is 1.19. The van der Waals surface area contributed by atoms with Crippen molar-refractivity contribution in [2.45, 2.75) is 6.54 Å². The lowest BCUT2D eigenvalue weighted by Gasteiger charge is -2.02. The van der Waals surface area contributed by atoms with Crippen LogP contribution in [0.3, 0.4) is 0 Å². The number of aromatic nitrogens is 3. The van der Waals surface area contributed by atoms with Gasteiger partial charge in [0.1, 0.15) is 5.69 Å². The molecule has 0 radical (unpaired) electrons. The Morgan fingerprint density at radius 2 is 2.31 bits per heavy atom. The number of hydrogen-bond acceptors (Lipinski definition) is 4. The molecule has 0 aliphatic rings.